The van der Waals surface area contributed by atoms with Crippen LogP contribution in [-0.2, 0) is 0 Å². The molecule has 1 heterocycles. The van der Waals surface area contributed by atoms with E-state index in [4.69, 9.17) is 0 Å². The summed E-state index contributed by atoms with van der Waals surface area (Å²) in [6.07, 6.45) is 0. The largest absolute Gasteiger partial charge is 0.144 e. The first-order valence-electron chi connectivity index (χ1n) is 5.33. The van der Waals surface area contributed by atoms with E-state index in [1.54, 1.807) is 11.3 Å². The summed E-state index contributed by atoms with van der Waals surface area (Å²) in [5, 5.41) is 2.13. The molecular weight excluding hydrogens is 200 g/mol. The minimum Gasteiger partial charge on any atom is -0.144 e. The SMILES string of the molecule is Cc1cc(-c2cccs2)ccc1C(C)C. The lowest BCUT2D eigenvalue weighted by Gasteiger charge is -2.10. The number of rotatable bonds is 2. The Morgan fingerprint density at radius 3 is 2.47 bits per heavy atom. The zero-order valence-corrected chi connectivity index (χ0v) is 10.3. The van der Waals surface area contributed by atoms with E-state index < -0.39 is 0 Å². The predicted octanol–water partition coefficient (Wildman–Crippen LogP) is 4.85. The fourth-order valence-electron chi connectivity index (χ4n) is 1.92. The first kappa shape index (κ1) is 10.4. The average molecular weight is 216 g/mol. The zero-order chi connectivity index (χ0) is 10.8. The van der Waals surface area contributed by atoms with Crippen LogP contribution in [0.25, 0.3) is 10.4 Å². The van der Waals surface area contributed by atoms with Gasteiger partial charge in [0.05, 0.1) is 0 Å². The summed E-state index contributed by atoms with van der Waals surface area (Å²) >= 11 is 1.80. The Kier molecular flexibility index (Phi) is 2.92. The fourth-order valence-corrected chi connectivity index (χ4v) is 2.64. The van der Waals surface area contributed by atoms with Crippen molar-refractivity contribution < 1.29 is 0 Å². The lowest BCUT2D eigenvalue weighted by molar-refractivity contribution is 0.857. The van der Waals surface area contributed by atoms with Gasteiger partial charge in [-0.1, -0.05) is 38.1 Å². The van der Waals surface area contributed by atoms with Crippen LogP contribution in [0, 0.1) is 6.92 Å². The quantitative estimate of drug-likeness (QED) is 0.673. The number of hydrogen-bond donors (Lipinski definition) is 0. The average Bonchev–Trinajstić information content (AvgIpc) is 2.69. The van der Waals surface area contributed by atoms with Gasteiger partial charge < -0.3 is 0 Å². The first-order valence-corrected chi connectivity index (χ1v) is 6.21. The van der Waals surface area contributed by atoms with Crippen LogP contribution >= 0.6 is 11.3 Å². The Labute approximate surface area is 95.6 Å². The lowest BCUT2D eigenvalue weighted by Crippen LogP contribution is -1.91. The minimum atomic E-state index is 0.613. The summed E-state index contributed by atoms with van der Waals surface area (Å²) < 4.78 is 0. The summed E-state index contributed by atoms with van der Waals surface area (Å²) in [5.41, 5.74) is 4.19. The summed E-state index contributed by atoms with van der Waals surface area (Å²) in [6, 6.07) is 11.1. The van der Waals surface area contributed by atoms with E-state index >= 15 is 0 Å². The third-order valence-corrected chi connectivity index (χ3v) is 3.62. The van der Waals surface area contributed by atoms with Crippen LogP contribution in [-0.4, -0.2) is 0 Å². The molecule has 0 unspecified atom stereocenters. The second kappa shape index (κ2) is 4.19. The monoisotopic (exact) mass is 216 g/mol. The molecule has 2 rings (SSSR count). The predicted molar refractivity (Wildman–Crippen MR) is 68.6 cm³/mol. The molecule has 0 amide bonds. The van der Waals surface area contributed by atoms with Gasteiger partial charge in [0.1, 0.15) is 0 Å². The van der Waals surface area contributed by atoms with Gasteiger partial charge in [-0.05, 0) is 41.0 Å². The van der Waals surface area contributed by atoms with Gasteiger partial charge in [0, 0.05) is 4.88 Å². The molecule has 0 aliphatic heterocycles. The smallest absolute Gasteiger partial charge is 0.0342 e. The van der Waals surface area contributed by atoms with Gasteiger partial charge in [0.15, 0.2) is 0 Å². The van der Waals surface area contributed by atoms with Gasteiger partial charge >= 0.3 is 0 Å². The maximum Gasteiger partial charge on any atom is 0.0342 e. The lowest BCUT2D eigenvalue weighted by atomic mass is 9.96. The molecule has 0 N–H and O–H groups in total. The van der Waals surface area contributed by atoms with Crippen molar-refractivity contribution in [2.45, 2.75) is 26.7 Å². The minimum absolute atomic E-state index is 0.613. The van der Waals surface area contributed by atoms with Crippen LogP contribution in [0.2, 0.25) is 0 Å². The van der Waals surface area contributed by atoms with Gasteiger partial charge in [-0.3, -0.25) is 0 Å². The van der Waals surface area contributed by atoms with E-state index in [1.165, 1.54) is 21.6 Å². The van der Waals surface area contributed by atoms with Crippen molar-refractivity contribution in [1.82, 2.24) is 0 Å². The van der Waals surface area contributed by atoms with Crippen LogP contribution in [0.3, 0.4) is 0 Å². The zero-order valence-electron chi connectivity index (χ0n) is 9.45. The maximum absolute atomic E-state index is 2.29. The molecule has 0 saturated heterocycles. The molecule has 0 aliphatic rings. The molecule has 0 bridgehead atoms. The Morgan fingerprint density at radius 2 is 1.93 bits per heavy atom. The summed E-state index contributed by atoms with van der Waals surface area (Å²) in [5.74, 6) is 0.613. The van der Waals surface area contributed by atoms with Crippen LogP contribution < -0.4 is 0 Å². The molecule has 1 aromatic heterocycles. The summed E-state index contributed by atoms with van der Waals surface area (Å²) in [7, 11) is 0. The Bertz CT molecular complexity index is 438. The van der Waals surface area contributed by atoms with Gasteiger partial charge in [-0.2, -0.15) is 0 Å². The Balaban J connectivity index is 2.42. The second-order valence-electron chi connectivity index (χ2n) is 4.20. The summed E-state index contributed by atoms with van der Waals surface area (Å²) in [6.45, 7) is 6.69. The van der Waals surface area contributed by atoms with E-state index in [0.717, 1.165) is 0 Å². The molecular formula is C14H16S. The molecule has 0 fully saturated rings. The number of thiophene rings is 1. The third kappa shape index (κ3) is 2.13. The molecule has 1 heteroatoms. The maximum atomic E-state index is 2.29. The molecule has 0 radical (unpaired) electrons. The molecule has 0 nitrogen and oxygen atoms in total. The summed E-state index contributed by atoms with van der Waals surface area (Å²) in [4.78, 5) is 1.36. The topological polar surface area (TPSA) is 0 Å². The van der Waals surface area contributed by atoms with Crippen LogP contribution in [0.15, 0.2) is 35.7 Å². The van der Waals surface area contributed by atoms with E-state index in [-0.39, 0.29) is 0 Å². The number of aryl methyl sites for hydroxylation is 1. The van der Waals surface area contributed by atoms with Gasteiger partial charge in [0.25, 0.3) is 0 Å². The van der Waals surface area contributed by atoms with E-state index in [2.05, 4.69) is 56.5 Å². The molecule has 15 heavy (non-hydrogen) atoms. The molecule has 0 aliphatic carbocycles. The van der Waals surface area contributed by atoms with Gasteiger partial charge in [0.2, 0.25) is 0 Å². The van der Waals surface area contributed by atoms with Crippen molar-refractivity contribution in [3.63, 3.8) is 0 Å². The van der Waals surface area contributed by atoms with Crippen molar-refractivity contribution in [3.05, 3.63) is 46.8 Å². The Hall–Kier alpha value is -1.08. The molecule has 0 atom stereocenters. The normalized spacial score (nSPS) is 10.9. The molecule has 0 saturated carbocycles. The molecule has 1 aromatic carbocycles. The van der Waals surface area contributed by atoms with Gasteiger partial charge in [-0.15, -0.1) is 11.3 Å². The number of benzene rings is 1. The van der Waals surface area contributed by atoms with Crippen molar-refractivity contribution in [3.8, 4) is 10.4 Å². The van der Waals surface area contributed by atoms with Crippen LogP contribution in [0.4, 0.5) is 0 Å². The van der Waals surface area contributed by atoms with E-state index in [1.807, 2.05) is 0 Å². The highest BCUT2D eigenvalue weighted by Crippen LogP contribution is 2.28. The van der Waals surface area contributed by atoms with Crippen LogP contribution in [0.1, 0.15) is 30.9 Å². The first-order chi connectivity index (χ1) is 7.18. The van der Waals surface area contributed by atoms with E-state index in [9.17, 15) is 0 Å². The van der Waals surface area contributed by atoms with Crippen molar-refractivity contribution in [2.75, 3.05) is 0 Å². The van der Waals surface area contributed by atoms with Crippen molar-refractivity contribution >= 4 is 11.3 Å². The highest BCUT2D eigenvalue weighted by atomic mass is 32.1. The molecule has 78 valence electrons. The van der Waals surface area contributed by atoms with Crippen molar-refractivity contribution in [2.24, 2.45) is 0 Å². The molecule has 2 aromatic rings. The third-order valence-electron chi connectivity index (χ3n) is 2.70. The standard InChI is InChI=1S/C14H16S/c1-10(2)13-7-6-12(9-11(13)3)14-5-4-8-15-14/h4-10H,1-3H3. The molecule has 0 spiro atoms. The highest BCUT2D eigenvalue weighted by Gasteiger charge is 2.05. The van der Waals surface area contributed by atoms with E-state index in [0.29, 0.717) is 5.92 Å². The Morgan fingerprint density at radius 1 is 1.13 bits per heavy atom. The van der Waals surface area contributed by atoms with Gasteiger partial charge in [-0.25, -0.2) is 0 Å². The second-order valence-corrected chi connectivity index (χ2v) is 5.15. The van der Waals surface area contributed by atoms with Crippen LogP contribution in [0.5, 0.6) is 0 Å². The highest BCUT2D eigenvalue weighted by molar-refractivity contribution is 7.13. The fraction of sp³-hybridized carbons (Fsp3) is 0.286. The van der Waals surface area contributed by atoms with Crippen molar-refractivity contribution in [1.29, 1.82) is 0 Å². The number of hydrogen-bond acceptors (Lipinski definition) is 1.